The molecular weight excluding hydrogens is 428 g/mol. The van der Waals surface area contributed by atoms with E-state index in [1.54, 1.807) is 48.5 Å². The van der Waals surface area contributed by atoms with Crippen molar-refractivity contribution in [3.8, 4) is 5.75 Å². The van der Waals surface area contributed by atoms with Gasteiger partial charge in [-0.15, -0.1) is 0 Å². The van der Waals surface area contributed by atoms with Crippen LogP contribution in [0.4, 0.5) is 17.1 Å². The van der Waals surface area contributed by atoms with Gasteiger partial charge in [-0.25, -0.2) is 4.79 Å². The van der Waals surface area contributed by atoms with Gasteiger partial charge in [0.25, 0.3) is 5.69 Å². The summed E-state index contributed by atoms with van der Waals surface area (Å²) >= 11 is 5.97. The molecule has 0 aliphatic rings. The van der Waals surface area contributed by atoms with Crippen molar-refractivity contribution in [2.75, 3.05) is 5.43 Å². The maximum absolute atomic E-state index is 12.2. The number of nitro groups is 2. The zero-order chi connectivity index (χ0) is 22.4. The SMILES string of the molecule is O=C(Oc1ccc(/C=N/Nc2ccc([N+](=O)[O-])cc2[N+](=O)[O-])cc1)c1ccccc1Cl. The molecule has 0 heterocycles. The van der Waals surface area contributed by atoms with Crippen LogP contribution in [-0.4, -0.2) is 22.0 Å². The number of nitrogens with one attached hydrogen (secondary N) is 1. The molecule has 3 rings (SSSR count). The first kappa shape index (κ1) is 21.4. The summed E-state index contributed by atoms with van der Waals surface area (Å²) in [5.41, 5.74) is 2.45. The minimum atomic E-state index is -0.743. The molecule has 0 radical (unpaired) electrons. The maximum Gasteiger partial charge on any atom is 0.345 e. The minimum Gasteiger partial charge on any atom is -0.423 e. The van der Waals surface area contributed by atoms with Gasteiger partial charge >= 0.3 is 11.7 Å². The number of rotatable bonds is 7. The Kier molecular flexibility index (Phi) is 6.53. The number of halogens is 1. The van der Waals surface area contributed by atoms with Crippen molar-refractivity contribution in [2.24, 2.45) is 5.10 Å². The van der Waals surface area contributed by atoms with Crippen LogP contribution in [0.1, 0.15) is 15.9 Å². The van der Waals surface area contributed by atoms with Gasteiger partial charge in [0, 0.05) is 6.07 Å². The zero-order valence-corrected chi connectivity index (χ0v) is 16.4. The highest BCUT2D eigenvalue weighted by Gasteiger charge is 2.19. The second kappa shape index (κ2) is 9.46. The van der Waals surface area contributed by atoms with Crippen molar-refractivity contribution >= 4 is 40.8 Å². The lowest BCUT2D eigenvalue weighted by Gasteiger charge is -2.06. The number of carbonyl (C=O) groups is 1. The van der Waals surface area contributed by atoms with E-state index in [2.05, 4.69) is 10.5 Å². The molecule has 31 heavy (non-hydrogen) atoms. The molecular formula is C20H13ClN4O6. The molecule has 0 unspecified atom stereocenters. The molecule has 0 atom stereocenters. The molecule has 0 amide bonds. The average molecular weight is 441 g/mol. The van der Waals surface area contributed by atoms with Gasteiger partial charge in [0.1, 0.15) is 11.4 Å². The number of hydrogen-bond donors (Lipinski definition) is 1. The summed E-state index contributed by atoms with van der Waals surface area (Å²) in [5, 5.41) is 26.1. The van der Waals surface area contributed by atoms with Gasteiger partial charge in [-0.1, -0.05) is 23.7 Å². The topological polar surface area (TPSA) is 137 Å². The second-order valence-corrected chi connectivity index (χ2v) is 6.43. The minimum absolute atomic E-state index is 0.00265. The van der Waals surface area contributed by atoms with Crippen LogP contribution in [0.2, 0.25) is 5.02 Å². The Labute approximate surface area is 180 Å². The summed E-state index contributed by atoms with van der Waals surface area (Å²) in [6.07, 6.45) is 1.38. The summed E-state index contributed by atoms with van der Waals surface area (Å²) in [6.45, 7) is 0. The van der Waals surface area contributed by atoms with Crippen molar-refractivity contribution in [1.82, 2.24) is 0 Å². The number of anilines is 1. The molecule has 11 heteroatoms. The first-order valence-electron chi connectivity index (χ1n) is 8.64. The number of hydrogen-bond acceptors (Lipinski definition) is 8. The third-order valence-electron chi connectivity index (χ3n) is 3.97. The van der Waals surface area contributed by atoms with Gasteiger partial charge in [-0.3, -0.25) is 25.7 Å². The molecule has 156 valence electrons. The van der Waals surface area contributed by atoms with Gasteiger partial charge < -0.3 is 4.74 Å². The second-order valence-electron chi connectivity index (χ2n) is 6.02. The molecule has 3 aromatic rings. The summed E-state index contributed by atoms with van der Waals surface area (Å²) in [4.78, 5) is 32.6. The maximum atomic E-state index is 12.2. The summed E-state index contributed by atoms with van der Waals surface area (Å²) < 4.78 is 5.27. The standard InChI is InChI=1S/C20H13ClN4O6/c21-17-4-2-1-3-16(17)20(26)31-15-8-5-13(6-9-15)12-22-23-18-10-7-14(24(27)28)11-19(18)25(29)30/h1-12,23H/b22-12+. The number of hydrazone groups is 1. The molecule has 0 aromatic heterocycles. The van der Waals surface area contributed by atoms with Crippen LogP contribution in [0.5, 0.6) is 5.75 Å². The van der Waals surface area contributed by atoms with E-state index in [4.69, 9.17) is 16.3 Å². The molecule has 0 fully saturated rings. The highest BCUT2D eigenvalue weighted by atomic mass is 35.5. The molecule has 0 saturated heterocycles. The van der Waals surface area contributed by atoms with Crippen LogP contribution in [0.3, 0.4) is 0 Å². The number of nitro benzene ring substituents is 2. The fourth-order valence-corrected chi connectivity index (χ4v) is 2.68. The van der Waals surface area contributed by atoms with E-state index in [1.807, 2.05) is 0 Å². The van der Waals surface area contributed by atoms with Crippen LogP contribution in [0, 0.1) is 20.2 Å². The van der Waals surface area contributed by atoms with E-state index in [0.29, 0.717) is 11.3 Å². The quantitative estimate of drug-likeness (QED) is 0.183. The first-order valence-corrected chi connectivity index (χ1v) is 9.01. The molecule has 1 N–H and O–H groups in total. The van der Waals surface area contributed by atoms with Crippen molar-refractivity contribution in [1.29, 1.82) is 0 Å². The lowest BCUT2D eigenvalue weighted by atomic mass is 10.2. The highest BCUT2D eigenvalue weighted by Crippen LogP contribution is 2.28. The van der Waals surface area contributed by atoms with Crippen molar-refractivity contribution in [3.05, 3.63) is 103 Å². The highest BCUT2D eigenvalue weighted by molar-refractivity contribution is 6.33. The van der Waals surface area contributed by atoms with Gasteiger partial charge in [0.2, 0.25) is 0 Å². The Balaban J connectivity index is 1.66. The fourth-order valence-electron chi connectivity index (χ4n) is 2.47. The number of non-ortho nitro benzene ring substituents is 1. The third kappa shape index (κ3) is 5.40. The predicted molar refractivity (Wildman–Crippen MR) is 114 cm³/mol. The van der Waals surface area contributed by atoms with E-state index in [0.717, 1.165) is 12.1 Å². The predicted octanol–water partition coefficient (Wildman–Crippen LogP) is 4.82. The number of ether oxygens (including phenoxy) is 1. The smallest absolute Gasteiger partial charge is 0.345 e. The van der Waals surface area contributed by atoms with Gasteiger partial charge in [0.05, 0.1) is 32.7 Å². The van der Waals surface area contributed by atoms with E-state index in [-0.39, 0.29) is 16.3 Å². The van der Waals surface area contributed by atoms with Crippen LogP contribution < -0.4 is 10.2 Å². The summed E-state index contributed by atoms with van der Waals surface area (Å²) in [5.74, 6) is -0.305. The lowest BCUT2D eigenvalue weighted by Crippen LogP contribution is -2.09. The molecule has 0 aliphatic carbocycles. The fraction of sp³-hybridized carbons (Fsp3) is 0. The van der Waals surface area contributed by atoms with E-state index < -0.39 is 27.2 Å². The molecule has 10 nitrogen and oxygen atoms in total. The number of benzene rings is 3. The van der Waals surface area contributed by atoms with E-state index in [9.17, 15) is 25.0 Å². The van der Waals surface area contributed by atoms with Gasteiger partial charge in [0.15, 0.2) is 0 Å². The van der Waals surface area contributed by atoms with Crippen molar-refractivity contribution in [3.63, 3.8) is 0 Å². The Morgan fingerprint density at radius 1 is 1.00 bits per heavy atom. The van der Waals surface area contributed by atoms with E-state index >= 15 is 0 Å². The summed E-state index contributed by atoms with van der Waals surface area (Å²) in [6, 6.07) is 16.0. The molecule has 0 aliphatic heterocycles. The average Bonchev–Trinajstić information content (AvgIpc) is 2.75. The van der Waals surface area contributed by atoms with Crippen LogP contribution in [0.15, 0.2) is 71.8 Å². The number of carbonyl (C=O) groups excluding carboxylic acids is 1. The van der Waals surface area contributed by atoms with E-state index in [1.165, 1.54) is 12.3 Å². The van der Waals surface area contributed by atoms with Crippen molar-refractivity contribution in [2.45, 2.75) is 0 Å². The lowest BCUT2D eigenvalue weighted by molar-refractivity contribution is -0.393. The molecule has 0 saturated carbocycles. The van der Waals surface area contributed by atoms with Gasteiger partial charge in [-0.2, -0.15) is 5.10 Å². The zero-order valence-electron chi connectivity index (χ0n) is 15.6. The van der Waals surface area contributed by atoms with Crippen LogP contribution >= 0.6 is 11.6 Å². The Bertz CT molecular complexity index is 1180. The van der Waals surface area contributed by atoms with Crippen LogP contribution in [0.25, 0.3) is 0 Å². The Morgan fingerprint density at radius 3 is 2.35 bits per heavy atom. The normalized spacial score (nSPS) is 10.6. The Hall–Kier alpha value is -4.31. The molecule has 3 aromatic carbocycles. The monoisotopic (exact) mass is 440 g/mol. The molecule has 0 bridgehead atoms. The van der Waals surface area contributed by atoms with Gasteiger partial charge in [-0.05, 0) is 48.0 Å². The number of esters is 1. The molecule has 0 spiro atoms. The Morgan fingerprint density at radius 2 is 1.71 bits per heavy atom. The summed E-state index contributed by atoms with van der Waals surface area (Å²) in [7, 11) is 0. The third-order valence-corrected chi connectivity index (χ3v) is 4.30. The largest absolute Gasteiger partial charge is 0.423 e. The van der Waals surface area contributed by atoms with Crippen molar-refractivity contribution < 1.29 is 19.4 Å². The van der Waals surface area contributed by atoms with Crippen LogP contribution in [-0.2, 0) is 0 Å². The first-order chi connectivity index (χ1) is 14.8. The number of nitrogens with zero attached hydrogens (tertiary/aromatic N) is 3.